The monoisotopic (exact) mass is 324 g/mol. The van der Waals surface area contributed by atoms with Crippen molar-refractivity contribution in [3.63, 3.8) is 0 Å². The SMILES string of the molecule is Cc1cc(C)cc([C@@H](O)CCN2CCN(c3ccccc3)CC2)c1. The van der Waals surface area contributed by atoms with Crippen LogP contribution in [0.1, 0.15) is 29.2 Å². The highest BCUT2D eigenvalue weighted by atomic mass is 16.3. The van der Waals surface area contributed by atoms with E-state index in [1.165, 1.54) is 16.8 Å². The highest BCUT2D eigenvalue weighted by Gasteiger charge is 2.18. The quantitative estimate of drug-likeness (QED) is 0.911. The van der Waals surface area contributed by atoms with Gasteiger partial charge in [-0.2, -0.15) is 0 Å². The van der Waals surface area contributed by atoms with Crippen LogP contribution < -0.4 is 4.90 Å². The van der Waals surface area contributed by atoms with E-state index in [0.29, 0.717) is 0 Å². The maximum Gasteiger partial charge on any atom is 0.0802 e. The highest BCUT2D eigenvalue weighted by Crippen LogP contribution is 2.21. The fourth-order valence-electron chi connectivity index (χ4n) is 3.54. The van der Waals surface area contributed by atoms with Crippen molar-refractivity contribution < 1.29 is 5.11 Å². The molecule has 2 aromatic carbocycles. The van der Waals surface area contributed by atoms with Gasteiger partial charge in [0, 0.05) is 38.4 Å². The topological polar surface area (TPSA) is 26.7 Å². The molecule has 0 saturated carbocycles. The average molecular weight is 324 g/mol. The Labute approximate surface area is 145 Å². The summed E-state index contributed by atoms with van der Waals surface area (Å²) < 4.78 is 0. The Morgan fingerprint density at radius 1 is 0.917 bits per heavy atom. The molecule has 1 N–H and O–H groups in total. The first kappa shape index (κ1) is 17.0. The van der Waals surface area contributed by atoms with Gasteiger partial charge in [0.2, 0.25) is 0 Å². The summed E-state index contributed by atoms with van der Waals surface area (Å²) in [5, 5.41) is 10.5. The second-order valence-corrected chi connectivity index (χ2v) is 6.89. The fourth-order valence-corrected chi connectivity index (χ4v) is 3.54. The Morgan fingerprint density at radius 3 is 2.17 bits per heavy atom. The number of nitrogens with zero attached hydrogens (tertiary/aromatic N) is 2. The predicted octanol–water partition coefficient (Wildman–Crippen LogP) is 3.55. The van der Waals surface area contributed by atoms with E-state index in [2.05, 4.69) is 72.2 Å². The molecule has 1 heterocycles. The number of para-hydroxylation sites is 1. The number of rotatable bonds is 5. The third-order valence-electron chi connectivity index (χ3n) is 4.84. The summed E-state index contributed by atoms with van der Waals surface area (Å²) in [6, 6.07) is 17.0. The van der Waals surface area contributed by atoms with Gasteiger partial charge >= 0.3 is 0 Å². The number of hydrogen-bond donors (Lipinski definition) is 1. The molecule has 0 bridgehead atoms. The third kappa shape index (κ3) is 4.37. The van der Waals surface area contributed by atoms with Crippen LogP contribution in [0.3, 0.4) is 0 Å². The largest absolute Gasteiger partial charge is 0.388 e. The van der Waals surface area contributed by atoms with Gasteiger partial charge in [-0.25, -0.2) is 0 Å². The van der Waals surface area contributed by atoms with Gasteiger partial charge in [-0.3, -0.25) is 4.90 Å². The zero-order valence-corrected chi connectivity index (χ0v) is 14.8. The zero-order chi connectivity index (χ0) is 16.9. The lowest BCUT2D eigenvalue weighted by atomic mass is 10.0. The predicted molar refractivity (Wildman–Crippen MR) is 101 cm³/mol. The molecule has 1 atom stereocenters. The molecule has 1 aliphatic heterocycles. The average Bonchev–Trinajstić information content (AvgIpc) is 2.60. The van der Waals surface area contributed by atoms with Gasteiger partial charge in [0.1, 0.15) is 0 Å². The minimum atomic E-state index is -0.365. The fraction of sp³-hybridized carbons (Fsp3) is 0.429. The summed E-state index contributed by atoms with van der Waals surface area (Å²) in [5.41, 5.74) is 4.81. The molecule has 0 spiro atoms. The summed E-state index contributed by atoms with van der Waals surface area (Å²) in [6.45, 7) is 9.38. The Balaban J connectivity index is 1.48. The number of aryl methyl sites for hydroxylation is 2. The molecule has 2 aromatic rings. The van der Waals surface area contributed by atoms with E-state index in [1.807, 2.05) is 0 Å². The van der Waals surface area contributed by atoms with Crippen molar-refractivity contribution in [1.82, 2.24) is 4.90 Å². The molecule has 0 aromatic heterocycles. The minimum absolute atomic E-state index is 0.365. The third-order valence-corrected chi connectivity index (χ3v) is 4.84. The van der Waals surface area contributed by atoms with Gasteiger partial charge in [-0.1, -0.05) is 47.5 Å². The molecule has 128 valence electrons. The van der Waals surface area contributed by atoms with E-state index in [-0.39, 0.29) is 6.10 Å². The van der Waals surface area contributed by atoms with Crippen LogP contribution in [0.2, 0.25) is 0 Å². The van der Waals surface area contributed by atoms with Crippen LogP contribution in [0, 0.1) is 13.8 Å². The van der Waals surface area contributed by atoms with Crippen molar-refractivity contribution in [2.24, 2.45) is 0 Å². The Morgan fingerprint density at radius 2 is 1.54 bits per heavy atom. The summed E-state index contributed by atoms with van der Waals surface area (Å²) >= 11 is 0. The van der Waals surface area contributed by atoms with Crippen molar-refractivity contribution in [2.45, 2.75) is 26.4 Å². The molecule has 1 aliphatic rings. The Hall–Kier alpha value is -1.84. The molecule has 0 unspecified atom stereocenters. The molecule has 24 heavy (non-hydrogen) atoms. The van der Waals surface area contributed by atoms with E-state index in [9.17, 15) is 5.11 Å². The highest BCUT2D eigenvalue weighted by molar-refractivity contribution is 5.46. The van der Waals surface area contributed by atoms with E-state index in [4.69, 9.17) is 0 Å². The molecular weight excluding hydrogens is 296 g/mol. The van der Waals surface area contributed by atoms with Crippen molar-refractivity contribution in [2.75, 3.05) is 37.6 Å². The minimum Gasteiger partial charge on any atom is -0.388 e. The van der Waals surface area contributed by atoms with Crippen molar-refractivity contribution in [3.8, 4) is 0 Å². The van der Waals surface area contributed by atoms with E-state index in [1.54, 1.807) is 0 Å². The standard InChI is InChI=1S/C21H28N2O/c1-17-14-18(2)16-19(15-17)21(24)8-9-22-10-12-23(13-11-22)20-6-4-3-5-7-20/h3-7,14-16,21,24H,8-13H2,1-2H3/t21-/m0/s1. The van der Waals surface area contributed by atoms with Gasteiger partial charge in [-0.15, -0.1) is 0 Å². The number of hydrogen-bond acceptors (Lipinski definition) is 3. The Bertz CT molecular complexity index is 628. The summed E-state index contributed by atoms with van der Waals surface area (Å²) in [7, 11) is 0. The van der Waals surface area contributed by atoms with Crippen molar-refractivity contribution >= 4 is 5.69 Å². The number of benzene rings is 2. The normalized spacial score (nSPS) is 17.0. The summed E-state index contributed by atoms with van der Waals surface area (Å²) in [6.07, 6.45) is 0.435. The van der Waals surface area contributed by atoms with E-state index in [0.717, 1.165) is 44.7 Å². The number of anilines is 1. The van der Waals surface area contributed by atoms with Crippen LogP contribution in [-0.2, 0) is 0 Å². The van der Waals surface area contributed by atoms with Crippen LogP contribution in [0.15, 0.2) is 48.5 Å². The van der Waals surface area contributed by atoms with Crippen LogP contribution in [0.4, 0.5) is 5.69 Å². The van der Waals surface area contributed by atoms with Crippen LogP contribution in [0.5, 0.6) is 0 Å². The van der Waals surface area contributed by atoms with Crippen LogP contribution >= 0.6 is 0 Å². The smallest absolute Gasteiger partial charge is 0.0802 e. The molecule has 0 amide bonds. The summed E-state index contributed by atoms with van der Waals surface area (Å²) in [4.78, 5) is 4.90. The second kappa shape index (κ2) is 7.82. The molecule has 1 fully saturated rings. The summed E-state index contributed by atoms with van der Waals surface area (Å²) in [5.74, 6) is 0. The number of piperazine rings is 1. The number of aliphatic hydroxyl groups is 1. The maximum atomic E-state index is 10.5. The number of aliphatic hydroxyl groups excluding tert-OH is 1. The molecule has 3 rings (SSSR count). The molecule has 3 heteroatoms. The molecular formula is C21H28N2O. The molecule has 1 saturated heterocycles. The van der Waals surface area contributed by atoms with Crippen LogP contribution in [0.25, 0.3) is 0 Å². The Kier molecular flexibility index (Phi) is 5.54. The lowest BCUT2D eigenvalue weighted by Gasteiger charge is -2.36. The van der Waals surface area contributed by atoms with Gasteiger partial charge in [0.25, 0.3) is 0 Å². The van der Waals surface area contributed by atoms with Gasteiger partial charge in [-0.05, 0) is 38.0 Å². The van der Waals surface area contributed by atoms with Crippen molar-refractivity contribution in [3.05, 3.63) is 65.2 Å². The van der Waals surface area contributed by atoms with Crippen molar-refractivity contribution in [1.29, 1.82) is 0 Å². The maximum absolute atomic E-state index is 10.5. The lowest BCUT2D eigenvalue weighted by Crippen LogP contribution is -2.46. The van der Waals surface area contributed by atoms with Gasteiger partial charge in [0.05, 0.1) is 6.10 Å². The first-order valence-electron chi connectivity index (χ1n) is 8.90. The van der Waals surface area contributed by atoms with Crippen LogP contribution in [-0.4, -0.2) is 42.7 Å². The van der Waals surface area contributed by atoms with E-state index < -0.39 is 0 Å². The van der Waals surface area contributed by atoms with Gasteiger partial charge < -0.3 is 10.0 Å². The van der Waals surface area contributed by atoms with E-state index >= 15 is 0 Å². The molecule has 0 radical (unpaired) electrons. The molecule has 0 aliphatic carbocycles. The molecule has 3 nitrogen and oxygen atoms in total. The van der Waals surface area contributed by atoms with Gasteiger partial charge in [0.15, 0.2) is 0 Å². The first-order valence-corrected chi connectivity index (χ1v) is 8.90. The lowest BCUT2D eigenvalue weighted by molar-refractivity contribution is 0.139. The first-order chi connectivity index (χ1) is 11.6. The second-order valence-electron chi connectivity index (χ2n) is 6.89. The zero-order valence-electron chi connectivity index (χ0n) is 14.8.